The summed E-state index contributed by atoms with van der Waals surface area (Å²) in [6.07, 6.45) is 0. The minimum absolute atomic E-state index is 0.0870. The van der Waals surface area contributed by atoms with E-state index in [0.29, 0.717) is 12.4 Å². The summed E-state index contributed by atoms with van der Waals surface area (Å²) in [5, 5.41) is 11.1. The molecule has 5 nitrogen and oxygen atoms in total. The highest BCUT2D eigenvalue weighted by Gasteiger charge is 2.20. The molecule has 23 heavy (non-hydrogen) atoms. The number of thioether (sulfide) groups is 1. The Kier molecular flexibility index (Phi) is 4.83. The highest BCUT2D eigenvalue weighted by molar-refractivity contribution is 7.97. The first-order chi connectivity index (χ1) is 11.1. The van der Waals surface area contributed by atoms with E-state index >= 15 is 0 Å². The van der Waals surface area contributed by atoms with E-state index in [1.165, 1.54) is 17.2 Å². The third kappa shape index (κ3) is 3.83. The van der Waals surface area contributed by atoms with Gasteiger partial charge in [0.15, 0.2) is 6.79 Å². The fraction of sp³-hybridized carbons (Fsp3) is 0.294. The molecule has 6 heteroatoms. The maximum atomic E-state index is 11.1. The number of fused-ring (bicyclic) bond motifs is 1. The normalized spacial score (nSPS) is 13.3. The van der Waals surface area contributed by atoms with Gasteiger partial charge in [0.1, 0.15) is 5.75 Å². The molecule has 1 aliphatic heterocycles. The van der Waals surface area contributed by atoms with E-state index in [-0.39, 0.29) is 17.4 Å². The summed E-state index contributed by atoms with van der Waals surface area (Å²) in [7, 11) is 0. The predicted octanol–water partition coefficient (Wildman–Crippen LogP) is 4.20. The van der Waals surface area contributed by atoms with Crippen molar-refractivity contribution in [2.45, 2.75) is 25.0 Å². The van der Waals surface area contributed by atoms with Crippen LogP contribution < -0.4 is 4.74 Å². The molecule has 2 aromatic carbocycles. The van der Waals surface area contributed by atoms with E-state index in [1.54, 1.807) is 17.8 Å². The van der Waals surface area contributed by atoms with Crippen LogP contribution in [-0.2, 0) is 22.8 Å². The molecule has 0 fully saturated rings. The maximum Gasteiger partial charge on any atom is 0.270 e. The first kappa shape index (κ1) is 15.8. The quantitative estimate of drug-likeness (QED) is 0.607. The van der Waals surface area contributed by atoms with Crippen LogP contribution >= 0.6 is 11.8 Å². The van der Waals surface area contributed by atoms with Crippen molar-refractivity contribution in [3.05, 3.63) is 68.8 Å². The fourth-order valence-corrected chi connectivity index (χ4v) is 3.53. The molecule has 0 saturated heterocycles. The zero-order chi connectivity index (χ0) is 16.2. The van der Waals surface area contributed by atoms with Crippen molar-refractivity contribution in [1.82, 2.24) is 0 Å². The molecule has 0 spiro atoms. The lowest BCUT2D eigenvalue weighted by atomic mass is 10.1. The molecule has 3 rings (SSSR count). The number of aryl methyl sites for hydroxylation is 1. The van der Waals surface area contributed by atoms with E-state index < -0.39 is 0 Å². The molecule has 0 amide bonds. The maximum absolute atomic E-state index is 11.1. The molecule has 0 aromatic heterocycles. The Hall–Kier alpha value is -2.05. The van der Waals surface area contributed by atoms with Gasteiger partial charge in [-0.2, -0.15) is 11.8 Å². The summed E-state index contributed by atoms with van der Waals surface area (Å²) in [6.45, 7) is 2.62. The van der Waals surface area contributed by atoms with Crippen LogP contribution in [0, 0.1) is 17.0 Å². The lowest BCUT2D eigenvalue weighted by molar-refractivity contribution is -0.385. The zero-order valence-electron chi connectivity index (χ0n) is 12.8. The molecule has 2 aromatic rings. The monoisotopic (exact) mass is 331 g/mol. The Morgan fingerprint density at radius 3 is 2.91 bits per heavy atom. The Morgan fingerprint density at radius 2 is 2.13 bits per heavy atom. The van der Waals surface area contributed by atoms with Gasteiger partial charge in [-0.25, -0.2) is 0 Å². The fourth-order valence-electron chi connectivity index (χ4n) is 2.57. The Balaban J connectivity index is 1.76. The second-order valence-corrected chi connectivity index (χ2v) is 6.43. The summed E-state index contributed by atoms with van der Waals surface area (Å²) in [5.41, 5.74) is 4.17. The number of ether oxygens (including phenoxy) is 2. The lowest BCUT2D eigenvalue weighted by Gasteiger charge is -2.20. The first-order valence-electron chi connectivity index (χ1n) is 7.27. The van der Waals surface area contributed by atoms with Crippen molar-refractivity contribution in [1.29, 1.82) is 0 Å². The topological polar surface area (TPSA) is 61.6 Å². The molecule has 0 aliphatic carbocycles. The van der Waals surface area contributed by atoms with Crippen LogP contribution in [0.1, 0.15) is 22.3 Å². The number of benzene rings is 2. The Morgan fingerprint density at radius 1 is 1.26 bits per heavy atom. The van der Waals surface area contributed by atoms with Gasteiger partial charge in [-0.3, -0.25) is 10.1 Å². The number of hydrogen-bond donors (Lipinski definition) is 0. The standard InChI is InChI=1S/C17H17NO4S/c1-12-3-2-4-13(5-12)9-23-10-15-7-16(18(19)20)6-14-8-21-11-22-17(14)15/h2-7H,8-11H2,1H3. The number of nitro benzene ring substituents is 1. The summed E-state index contributed by atoms with van der Waals surface area (Å²) in [5.74, 6) is 2.26. The van der Waals surface area contributed by atoms with Crippen LogP contribution in [0.3, 0.4) is 0 Å². The van der Waals surface area contributed by atoms with Gasteiger partial charge in [-0.05, 0) is 12.5 Å². The van der Waals surface area contributed by atoms with Crippen LogP contribution in [0.15, 0.2) is 36.4 Å². The van der Waals surface area contributed by atoms with Gasteiger partial charge < -0.3 is 9.47 Å². The molecule has 0 N–H and O–H groups in total. The molecule has 0 unspecified atom stereocenters. The van der Waals surface area contributed by atoms with Crippen molar-refractivity contribution >= 4 is 17.4 Å². The van der Waals surface area contributed by atoms with E-state index in [1.807, 2.05) is 6.07 Å². The lowest BCUT2D eigenvalue weighted by Crippen LogP contribution is -2.13. The third-order valence-electron chi connectivity index (χ3n) is 3.59. The van der Waals surface area contributed by atoms with Crippen molar-refractivity contribution in [2.75, 3.05) is 6.79 Å². The molecule has 120 valence electrons. The van der Waals surface area contributed by atoms with E-state index in [9.17, 15) is 10.1 Å². The molecule has 1 aliphatic rings. The van der Waals surface area contributed by atoms with Crippen LogP contribution in [0.25, 0.3) is 0 Å². The number of nitrogens with zero attached hydrogens (tertiary/aromatic N) is 1. The minimum atomic E-state index is -0.371. The highest BCUT2D eigenvalue weighted by Crippen LogP contribution is 2.35. The van der Waals surface area contributed by atoms with Gasteiger partial charge in [-0.1, -0.05) is 29.8 Å². The molecule has 0 saturated carbocycles. The Labute approximate surface area is 138 Å². The van der Waals surface area contributed by atoms with E-state index in [4.69, 9.17) is 9.47 Å². The van der Waals surface area contributed by atoms with Gasteiger partial charge in [0.25, 0.3) is 5.69 Å². The van der Waals surface area contributed by atoms with Crippen molar-refractivity contribution in [2.24, 2.45) is 0 Å². The van der Waals surface area contributed by atoms with E-state index in [0.717, 1.165) is 22.6 Å². The molecule has 1 heterocycles. The second-order valence-electron chi connectivity index (χ2n) is 5.44. The molecule has 0 atom stereocenters. The number of hydrogen-bond acceptors (Lipinski definition) is 5. The highest BCUT2D eigenvalue weighted by atomic mass is 32.2. The molecule has 0 radical (unpaired) electrons. The third-order valence-corrected chi connectivity index (χ3v) is 4.64. The summed E-state index contributed by atoms with van der Waals surface area (Å²) in [4.78, 5) is 10.7. The van der Waals surface area contributed by atoms with Gasteiger partial charge in [0, 0.05) is 34.8 Å². The summed E-state index contributed by atoms with van der Waals surface area (Å²) in [6, 6.07) is 11.5. The molecular weight excluding hydrogens is 314 g/mol. The van der Waals surface area contributed by atoms with Gasteiger partial charge in [-0.15, -0.1) is 0 Å². The first-order valence-corrected chi connectivity index (χ1v) is 8.43. The smallest absolute Gasteiger partial charge is 0.270 e. The van der Waals surface area contributed by atoms with Crippen molar-refractivity contribution < 1.29 is 14.4 Å². The van der Waals surface area contributed by atoms with Crippen LogP contribution in [-0.4, -0.2) is 11.7 Å². The summed E-state index contributed by atoms with van der Waals surface area (Å²) < 4.78 is 10.8. The van der Waals surface area contributed by atoms with Crippen LogP contribution in [0.2, 0.25) is 0 Å². The SMILES string of the molecule is Cc1cccc(CSCc2cc([N+](=O)[O-])cc3c2OCOC3)c1. The Bertz CT molecular complexity index is 733. The summed E-state index contributed by atoms with van der Waals surface area (Å²) >= 11 is 1.72. The average molecular weight is 331 g/mol. The number of nitro groups is 1. The van der Waals surface area contributed by atoms with Gasteiger partial charge in [0.2, 0.25) is 0 Å². The predicted molar refractivity (Wildman–Crippen MR) is 89.6 cm³/mol. The minimum Gasteiger partial charge on any atom is -0.467 e. The largest absolute Gasteiger partial charge is 0.467 e. The van der Waals surface area contributed by atoms with Crippen molar-refractivity contribution in [3.8, 4) is 5.75 Å². The second kappa shape index (κ2) is 7.02. The number of non-ortho nitro benzene ring substituents is 1. The van der Waals surface area contributed by atoms with Crippen LogP contribution in [0.5, 0.6) is 5.75 Å². The van der Waals surface area contributed by atoms with Gasteiger partial charge in [0.05, 0.1) is 11.5 Å². The molecule has 0 bridgehead atoms. The van der Waals surface area contributed by atoms with E-state index in [2.05, 4.69) is 25.1 Å². The number of rotatable bonds is 5. The van der Waals surface area contributed by atoms with Gasteiger partial charge >= 0.3 is 0 Å². The van der Waals surface area contributed by atoms with Crippen LogP contribution in [0.4, 0.5) is 5.69 Å². The zero-order valence-corrected chi connectivity index (χ0v) is 13.6. The van der Waals surface area contributed by atoms with Crippen molar-refractivity contribution in [3.63, 3.8) is 0 Å². The molecular formula is C17H17NO4S. The average Bonchev–Trinajstić information content (AvgIpc) is 2.54.